The number of terminal acetylenes is 1. The van der Waals surface area contributed by atoms with Gasteiger partial charge in [-0.25, -0.2) is 4.79 Å². The maximum Gasteiger partial charge on any atom is 0.327 e. The molecule has 1 amide bonds. The fourth-order valence-corrected chi connectivity index (χ4v) is 2.32. The molecule has 0 aliphatic heterocycles. The van der Waals surface area contributed by atoms with E-state index in [1.165, 1.54) is 11.8 Å². The highest BCUT2D eigenvalue weighted by atomic mass is 35.5. The van der Waals surface area contributed by atoms with Crippen molar-refractivity contribution in [1.29, 1.82) is 0 Å². The lowest BCUT2D eigenvalue weighted by Gasteiger charge is -2.11. The monoisotopic (exact) mass is 311 g/mol. The van der Waals surface area contributed by atoms with Crippen LogP contribution in [0.25, 0.3) is 0 Å². The highest BCUT2D eigenvalue weighted by Crippen LogP contribution is 2.15. The summed E-state index contributed by atoms with van der Waals surface area (Å²) in [5.41, 5.74) is 1.05. The summed E-state index contributed by atoms with van der Waals surface area (Å²) in [5.74, 6) is 1.59. The Bertz CT molecular complexity index is 510. The van der Waals surface area contributed by atoms with Gasteiger partial charge in [0, 0.05) is 17.2 Å². The van der Waals surface area contributed by atoms with E-state index in [4.69, 9.17) is 23.1 Å². The molecule has 1 aromatic carbocycles. The van der Waals surface area contributed by atoms with Gasteiger partial charge in [0.2, 0.25) is 5.91 Å². The van der Waals surface area contributed by atoms with Gasteiger partial charge >= 0.3 is 5.97 Å². The smallest absolute Gasteiger partial charge is 0.327 e. The van der Waals surface area contributed by atoms with Gasteiger partial charge in [0.15, 0.2) is 0 Å². The minimum atomic E-state index is -1.13. The minimum Gasteiger partial charge on any atom is -0.480 e. The molecule has 0 aliphatic rings. The van der Waals surface area contributed by atoms with Crippen molar-refractivity contribution >= 4 is 35.2 Å². The molecule has 0 radical (unpaired) electrons. The number of aliphatic carboxylic acids is 1. The zero-order valence-electron chi connectivity index (χ0n) is 10.6. The van der Waals surface area contributed by atoms with Crippen molar-refractivity contribution in [3.05, 3.63) is 34.9 Å². The molecule has 4 nitrogen and oxygen atoms in total. The van der Waals surface area contributed by atoms with E-state index in [2.05, 4.69) is 11.2 Å². The summed E-state index contributed by atoms with van der Waals surface area (Å²) < 4.78 is 0. The first-order valence-corrected chi connectivity index (χ1v) is 7.34. The normalized spacial score (nSPS) is 11.4. The second kappa shape index (κ2) is 8.51. The standard InChI is InChI=1S/C14H14ClNO3S/c1-2-3-12(14(18)19)16-13(17)9-20-8-10-4-6-11(15)7-5-10/h1,4-7,12H,3,8-9H2,(H,16,17)(H,18,19). The first kappa shape index (κ1) is 16.4. The summed E-state index contributed by atoms with van der Waals surface area (Å²) in [6.07, 6.45) is 5.03. The van der Waals surface area contributed by atoms with Crippen LogP contribution in [0.15, 0.2) is 24.3 Å². The Morgan fingerprint density at radius 3 is 2.60 bits per heavy atom. The molecule has 0 fully saturated rings. The predicted octanol–water partition coefficient (Wildman–Crippen LogP) is 2.17. The Kier molecular flexibility index (Phi) is 6.99. The number of carbonyl (C=O) groups is 2. The van der Waals surface area contributed by atoms with E-state index >= 15 is 0 Å². The van der Waals surface area contributed by atoms with Crippen molar-refractivity contribution in [3.8, 4) is 12.3 Å². The van der Waals surface area contributed by atoms with Gasteiger partial charge in [0.05, 0.1) is 5.75 Å². The summed E-state index contributed by atoms with van der Waals surface area (Å²) in [6.45, 7) is 0. The van der Waals surface area contributed by atoms with Crippen molar-refractivity contribution < 1.29 is 14.7 Å². The Morgan fingerprint density at radius 1 is 1.40 bits per heavy atom. The number of rotatable bonds is 7. The van der Waals surface area contributed by atoms with E-state index in [0.29, 0.717) is 10.8 Å². The van der Waals surface area contributed by atoms with Crippen LogP contribution < -0.4 is 5.32 Å². The average Bonchev–Trinajstić information content (AvgIpc) is 2.40. The Balaban J connectivity index is 2.34. The number of amides is 1. The molecule has 1 atom stereocenters. The van der Waals surface area contributed by atoms with Gasteiger partial charge in [-0.1, -0.05) is 23.7 Å². The maximum absolute atomic E-state index is 11.6. The number of carboxylic acid groups (broad SMARTS) is 1. The molecule has 1 rings (SSSR count). The van der Waals surface area contributed by atoms with E-state index in [1.54, 1.807) is 12.1 Å². The first-order valence-electron chi connectivity index (χ1n) is 5.80. The number of benzene rings is 1. The molecule has 0 saturated heterocycles. The average molecular weight is 312 g/mol. The Hall–Kier alpha value is -1.64. The summed E-state index contributed by atoms with van der Waals surface area (Å²) >= 11 is 7.16. The SMILES string of the molecule is C#CCC(NC(=O)CSCc1ccc(Cl)cc1)C(=O)O. The highest BCUT2D eigenvalue weighted by Gasteiger charge is 2.18. The number of halogens is 1. The van der Waals surface area contributed by atoms with E-state index < -0.39 is 12.0 Å². The lowest BCUT2D eigenvalue weighted by Crippen LogP contribution is -2.41. The van der Waals surface area contributed by atoms with Crippen molar-refractivity contribution in [2.75, 3.05) is 5.75 Å². The van der Waals surface area contributed by atoms with Crippen LogP contribution >= 0.6 is 23.4 Å². The van der Waals surface area contributed by atoms with Gasteiger partial charge in [-0.05, 0) is 17.7 Å². The molecule has 2 N–H and O–H groups in total. The van der Waals surface area contributed by atoms with E-state index in [9.17, 15) is 9.59 Å². The number of nitrogens with one attached hydrogen (secondary N) is 1. The molecule has 0 aliphatic carbocycles. The van der Waals surface area contributed by atoms with Gasteiger partial charge in [0.1, 0.15) is 6.04 Å². The molecular weight excluding hydrogens is 298 g/mol. The molecule has 106 valence electrons. The van der Waals surface area contributed by atoms with Crippen molar-refractivity contribution in [2.45, 2.75) is 18.2 Å². The van der Waals surface area contributed by atoms with Crippen LogP contribution in [0, 0.1) is 12.3 Å². The van der Waals surface area contributed by atoms with Crippen LogP contribution in [0.1, 0.15) is 12.0 Å². The van der Waals surface area contributed by atoms with E-state index in [1.807, 2.05) is 12.1 Å². The fourth-order valence-electron chi connectivity index (χ4n) is 1.40. The third-order valence-corrected chi connectivity index (χ3v) is 3.63. The lowest BCUT2D eigenvalue weighted by molar-refractivity contribution is -0.141. The molecule has 0 bridgehead atoms. The van der Waals surface area contributed by atoms with Crippen molar-refractivity contribution in [1.82, 2.24) is 5.32 Å². The van der Waals surface area contributed by atoms with Crippen LogP contribution in [0.5, 0.6) is 0 Å². The number of carbonyl (C=O) groups excluding carboxylic acids is 1. The first-order chi connectivity index (χ1) is 9.52. The second-order valence-corrected chi connectivity index (χ2v) is 5.41. The molecule has 0 aromatic heterocycles. The second-order valence-electron chi connectivity index (χ2n) is 3.99. The fraction of sp³-hybridized carbons (Fsp3) is 0.286. The van der Waals surface area contributed by atoms with Crippen LogP contribution in [0.3, 0.4) is 0 Å². The third-order valence-electron chi connectivity index (χ3n) is 2.37. The molecule has 20 heavy (non-hydrogen) atoms. The number of hydrogen-bond acceptors (Lipinski definition) is 3. The molecule has 0 heterocycles. The molecule has 0 spiro atoms. The Labute approximate surface area is 126 Å². The molecule has 1 aromatic rings. The molecule has 6 heteroatoms. The maximum atomic E-state index is 11.6. The molecular formula is C14H14ClNO3S. The highest BCUT2D eigenvalue weighted by molar-refractivity contribution is 7.99. The van der Waals surface area contributed by atoms with E-state index in [0.717, 1.165) is 5.56 Å². The van der Waals surface area contributed by atoms with Crippen molar-refractivity contribution in [2.24, 2.45) is 0 Å². The van der Waals surface area contributed by atoms with Crippen LogP contribution in [-0.2, 0) is 15.3 Å². The zero-order valence-corrected chi connectivity index (χ0v) is 12.2. The van der Waals surface area contributed by atoms with Crippen LogP contribution in [0.4, 0.5) is 0 Å². The Morgan fingerprint density at radius 2 is 2.05 bits per heavy atom. The number of carboxylic acids is 1. The van der Waals surface area contributed by atoms with Gasteiger partial charge in [0.25, 0.3) is 0 Å². The van der Waals surface area contributed by atoms with Crippen molar-refractivity contribution in [3.63, 3.8) is 0 Å². The minimum absolute atomic E-state index is 0.0249. The zero-order chi connectivity index (χ0) is 15.0. The van der Waals surface area contributed by atoms with E-state index in [-0.39, 0.29) is 18.1 Å². The summed E-state index contributed by atoms with van der Waals surface area (Å²) in [7, 11) is 0. The number of hydrogen-bond donors (Lipinski definition) is 2. The predicted molar refractivity (Wildman–Crippen MR) is 80.6 cm³/mol. The number of thioether (sulfide) groups is 1. The van der Waals surface area contributed by atoms with Crippen LogP contribution in [-0.4, -0.2) is 28.8 Å². The third kappa shape index (κ3) is 6.00. The molecule has 0 saturated carbocycles. The van der Waals surface area contributed by atoms with Gasteiger partial charge < -0.3 is 10.4 Å². The summed E-state index contributed by atoms with van der Waals surface area (Å²) in [5, 5.41) is 11.9. The lowest BCUT2D eigenvalue weighted by atomic mass is 10.2. The summed E-state index contributed by atoms with van der Waals surface area (Å²) in [4.78, 5) is 22.4. The van der Waals surface area contributed by atoms with Gasteiger partial charge in [-0.15, -0.1) is 24.1 Å². The quantitative estimate of drug-likeness (QED) is 0.757. The van der Waals surface area contributed by atoms with Gasteiger partial charge in [-0.3, -0.25) is 4.79 Å². The van der Waals surface area contributed by atoms with Gasteiger partial charge in [-0.2, -0.15) is 0 Å². The molecule has 1 unspecified atom stereocenters. The largest absolute Gasteiger partial charge is 0.480 e. The van der Waals surface area contributed by atoms with Crippen LogP contribution in [0.2, 0.25) is 5.02 Å². The summed E-state index contributed by atoms with van der Waals surface area (Å²) in [6, 6.07) is 6.30. The topological polar surface area (TPSA) is 66.4 Å².